The molecule has 1 aromatic heterocycles. The lowest BCUT2D eigenvalue weighted by molar-refractivity contribution is 0.0949. The van der Waals surface area contributed by atoms with Crippen LogP contribution in [0.4, 0.5) is 0 Å². The van der Waals surface area contributed by atoms with Crippen LogP contribution in [-0.4, -0.2) is 30.6 Å². The predicted molar refractivity (Wildman–Crippen MR) is 100 cm³/mol. The summed E-state index contributed by atoms with van der Waals surface area (Å²) in [5, 5.41) is 4.43. The van der Waals surface area contributed by atoms with E-state index < -0.39 is 0 Å². The van der Waals surface area contributed by atoms with E-state index in [-0.39, 0.29) is 5.91 Å². The van der Waals surface area contributed by atoms with Gasteiger partial charge in [-0.15, -0.1) is 0 Å². The van der Waals surface area contributed by atoms with Gasteiger partial charge in [0.05, 0.1) is 10.5 Å². The van der Waals surface area contributed by atoms with Crippen molar-refractivity contribution in [2.24, 2.45) is 0 Å². The van der Waals surface area contributed by atoms with E-state index in [0.29, 0.717) is 48.4 Å². The smallest absolute Gasteiger partial charge is 0.269 e. The van der Waals surface area contributed by atoms with Crippen LogP contribution in [0.3, 0.4) is 0 Å². The molecule has 1 aliphatic heterocycles. The van der Waals surface area contributed by atoms with Gasteiger partial charge in [-0.3, -0.25) is 4.79 Å². The van der Waals surface area contributed by atoms with Crippen molar-refractivity contribution in [1.82, 2.24) is 10.3 Å². The van der Waals surface area contributed by atoms with E-state index in [4.69, 9.17) is 21.1 Å². The Morgan fingerprint density at radius 1 is 1.12 bits per heavy atom. The van der Waals surface area contributed by atoms with E-state index in [1.165, 1.54) is 0 Å². The summed E-state index contributed by atoms with van der Waals surface area (Å²) in [5.74, 6) is 1.05. The van der Waals surface area contributed by atoms with Gasteiger partial charge in [0, 0.05) is 11.9 Å². The number of nitrogens with one attached hydrogen (secondary N) is 1. The Morgan fingerprint density at radius 3 is 2.88 bits per heavy atom. The Labute approximate surface area is 155 Å². The number of rotatable bonds is 4. The van der Waals surface area contributed by atoms with Crippen molar-refractivity contribution in [2.75, 3.05) is 19.8 Å². The number of pyridine rings is 1. The number of hydrogen-bond acceptors (Lipinski definition) is 4. The number of fused-ring (bicyclic) bond motifs is 2. The highest BCUT2D eigenvalue weighted by Crippen LogP contribution is 2.38. The zero-order valence-corrected chi connectivity index (χ0v) is 14.8. The fraction of sp³-hybridized carbons (Fsp3) is 0.200. The van der Waals surface area contributed by atoms with E-state index >= 15 is 0 Å². The van der Waals surface area contributed by atoms with Crippen molar-refractivity contribution < 1.29 is 14.3 Å². The number of nitrogens with zero attached hydrogens (tertiary/aromatic N) is 1. The standard InChI is InChI=1S/C20H17ClN2O3/c21-15-11-13(12-18-19(15)26-10-9-25-18)7-8-22-20(24)17-6-5-14-3-1-2-4-16(14)23-17/h1-6,11-12H,7-10H2,(H,22,24). The third-order valence-electron chi connectivity index (χ3n) is 4.19. The maximum atomic E-state index is 12.3. The van der Waals surface area contributed by atoms with Gasteiger partial charge in [0.2, 0.25) is 0 Å². The number of aromatic nitrogens is 1. The maximum Gasteiger partial charge on any atom is 0.269 e. The Bertz CT molecular complexity index is 974. The van der Waals surface area contributed by atoms with Crippen LogP contribution in [0.1, 0.15) is 16.1 Å². The molecule has 6 heteroatoms. The molecule has 1 N–H and O–H groups in total. The number of hydrogen-bond donors (Lipinski definition) is 1. The van der Waals surface area contributed by atoms with Crippen molar-refractivity contribution >= 4 is 28.4 Å². The molecule has 0 aliphatic carbocycles. The number of carbonyl (C=O) groups excluding carboxylic acids is 1. The molecule has 2 aromatic carbocycles. The van der Waals surface area contributed by atoms with Gasteiger partial charge in [-0.25, -0.2) is 4.98 Å². The molecule has 0 saturated carbocycles. The first-order chi connectivity index (χ1) is 12.7. The molecule has 132 valence electrons. The molecule has 0 spiro atoms. The second kappa shape index (κ2) is 7.22. The fourth-order valence-corrected chi connectivity index (χ4v) is 3.20. The molecule has 1 amide bonds. The van der Waals surface area contributed by atoms with Gasteiger partial charge >= 0.3 is 0 Å². The topological polar surface area (TPSA) is 60.5 Å². The zero-order chi connectivity index (χ0) is 17.9. The van der Waals surface area contributed by atoms with Crippen LogP contribution >= 0.6 is 11.6 Å². The number of carbonyl (C=O) groups is 1. The van der Waals surface area contributed by atoms with Crippen LogP contribution in [0, 0.1) is 0 Å². The van der Waals surface area contributed by atoms with Crippen molar-refractivity contribution in [3.05, 3.63) is 64.8 Å². The zero-order valence-electron chi connectivity index (χ0n) is 14.0. The minimum atomic E-state index is -0.195. The lowest BCUT2D eigenvalue weighted by Crippen LogP contribution is -2.26. The summed E-state index contributed by atoms with van der Waals surface area (Å²) in [5.41, 5.74) is 2.19. The summed E-state index contributed by atoms with van der Waals surface area (Å²) in [4.78, 5) is 16.7. The molecule has 4 rings (SSSR count). The molecule has 0 fully saturated rings. The monoisotopic (exact) mass is 368 g/mol. The SMILES string of the molecule is O=C(NCCc1cc(Cl)c2c(c1)OCCO2)c1ccc2ccccc2n1. The molecule has 1 aliphatic rings. The fourth-order valence-electron chi connectivity index (χ4n) is 2.91. The van der Waals surface area contributed by atoms with E-state index in [0.717, 1.165) is 16.5 Å². The lowest BCUT2D eigenvalue weighted by atomic mass is 10.1. The molecule has 0 radical (unpaired) electrons. The van der Waals surface area contributed by atoms with Gasteiger partial charge in [-0.05, 0) is 36.2 Å². The number of halogens is 1. The number of amides is 1. The first-order valence-electron chi connectivity index (χ1n) is 8.43. The maximum absolute atomic E-state index is 12.3. The molecule has 2 heterocycles. The highest BCUT2D eigenvalue weighted by atomic mass is 35.5. The molecular weight excluding hydrogens is 352 g/mol. The van der Waals surface area contributed by atoms with Crippen LogP contribution in [0.15, 0.2) is 48.5 Å². The van der Waals surface area contributed by atoms with Crippen molar-refractivity contribution in [3.8, 4) is 11.5 Å². The highest BCUT2D eigenvalue weighted by molar-refractivity contribution is 6.32. The van der Waals surface area contributed by atoms with Crippen molar-refractivity contribution in [2.45, 2.75) is 6.42 Å². The normalized spacial score (nSPS) is 12.8. The van der Waals surface area contributed by atoms with E-state index in [1.54, 1.807) is 6.07 Å². The summed E-state index contributed by atoms with van der Waals surface area (Å²) in [6, 6.07) is 15.1. The van der Waals surface area contributed by atoms with Gasteiger partial charge < -0.3 is 14.8 Å². The third kappa shape index (κ3) is 3.44. The molecule has 5 nitrogen and oxygen atoms in total. The molecule has 0 saturated heterocycles. The van der Waals surface area contributed by atoms with E-state index in [9.17, 15) is 4.79 Å². The van der Waals surface area contributed by atoms with Crippen LogP contribution < -0.4 is 14.8 Å². The van der Waals surface area contributed by atoms with Gasteiger partial charge in [-0.2, -0.15) is 0 Å². The third-order valence-corrected chi connectivity index (χ3v) is 4.47. The minimum Gasteiger partial charge on any atom is -0.486 e. The predicted octanol–water partition coefficient (Wildman–Crippen LogP) is 3.63. The van der Waals surface area contributed by atoms with Crippen LogP contribution in [0.2, 0.25) is 5.02 Å². The summed E-state index contributed by atoms with van der Waals surface area (Å²) < 4.78 is 11.1. The Morgan fingerprint density at radius 2 is 1.96 bits per heavy atom. The van der Waals surface area contributed by atoms with Crippen molar-refractivity contribution in [1.29, 1.82) is 0 Å². The largest absolute Gasteiger partial charge is 0.486 e. The first-order valence-corrected chi connectivity index (χ1v) is 8.80. The van der Waals surface area contributed by atoms with E-state index in [2.05, 4.69) is 10.3 Å². The van der Waals surface area contributed by atoms with Crippen LogP contribution in [0.25, 0.3) is 10.9 Å². The number of ether oxygens (including phenoxy) is 2. The molecular formula is C20H17ClN2O3. The van der Waals surface area contributed by atoms with Gasteiger partial charge in [0.25, 0.3) is 5.91 Å². The average molecular weight is 369 g/mol. The number of benzene rings is 2. The van der Waals surface area contributed by atoms with Gasteiger partial charge in [0.1, 0.15) is 18.9 Å². The molecule has 3 aromatic rings. The van der Waals surface area contributed by atoms with Gasteiger partial charge in [-0.1, -0.05) is 35.9 Å². The van der Waals surface area contributed by atoms with Crippen LogP contribution in [-0.2, 0) is 6.42 Å². The molecule has 0 atom stereocenters. The Kier molecular flexibility index (Phi) is 4.63. The average Bonchev–Trinajstić information content (AvgIpc) is 2.67. The van der Waals surface area contributed by atoms with Crippen molar-refractivity contribution in [3.63, 3.8) is 0 Å². The molecule has 26 heavy (non-hydrogen) atoms. The lowest BCUT2D eigenvalue weighted by Gasteiger charge is -2.20. The summed E-state index contributed by atoms with van der Waals surface area (Å²) in [6.07, 6.45) is 0.635. The van der Waals surface area contributed by atoms with Gasteiger partial charge in [0.15, 0.2) is 11.5 Å². The second-order valence-electron chi connectivity index (χ2n) is 6.00. The summed E-state index contributed by atoms with van der Waals surface area (Å²) in [7, 11) is 0. The second-order valence-corrected chi connectivity index (χ2v) is 6.40. The minimum absolute atomic E-state index is 0.195. The molecule has 0 unspecified atom stereocenters. The quantitative estimate of drug-likeness (QED) is 0.764. The number of para-hydroxylation sites is 1. The van der Waals surface area contributed by atoms with E-state index in [1.807, 2.05) is 42.5 Å². The Hall–Kier alpha value is -2.79. The molecule has 0 bridgehead atoms. The van der Waals surface area contributed by atoms with Crippen LogP contribution in [0.5, 0.6) is 11.5 Å². The highest BCUT2D eigenvalue weighted by Gasteiger charge is 2.16. The summed E-state index contributed by atoms with van der Waals surface area (Å²) in [6.45, 7) is 1.49. The summed E-state index contributed by atoms with van der Waals surface area (Å²) >= 11 is 6.24. The first kappa shape index (κ1) is 16.7. The Balaban J connectivity index is 1.41.